The molecule has 0 aromatic heterocycles. The number of aliphatic carboxylic acids is 1. The van der Waals surface area contributed by atoms with Gasteiger partial charge in [-0.25, -0.2) is 18.0 Å². The SMILES string of the molecule is CC(C(=O)O)c1ccc(-c2ccccc2)c(F)c1.CC(C)(C)[O-].CC(C)COC(=O)Cl.CC(CC#N)c1ccc(-c2ccccc2)c(F)c1.CC(CC(N)=O)c1ccc(-c2ccccc2)c(F)c1.[K+].[K+].[OH-]. The number of halogens is 4. The Hall–Kier alpha value is -3.51. The van der Waals surface area contributed by atoms with Crippen molar-refractivity contribution >= 4 is 28.9 Å². The minimum absolute atomic E-state index is 0. The van der Waals surface area contributed by atoms with Crippen LogP contribution in [0.3, 0.4) is 0 Å². The van der Waals surface area contributed by atoms with Crippen LogP contribution in [-0.2, 0) is 14.3 Å². The van der Waals surface area contributed by atoms with Crippen molar-refractivity contribution in [2.45, 2.75) is 91.6 Å². The van der Waals surface area contributed by atoms with E-state index in [0.29, 0.717) is 41.2 Å². The summed E-state index contributed by atoms with van der Waals surface area (Å²) in [5.41, 5.74) is 9.96. The van der Waals surface area contributed by atoms with Crippen molar-refractivity contribution in [1.29, 1.82) is 5.26 Å². The van der Waals surface area contributed by atoms with E-state index < -0.39 is 28.7 Å². The van der Waals surface area contributed by atoms with E-state index in [1.807, 2.05) is 131 Å². The average molecular weight is 1050 g/mol. The number of ether oxygens (including phenoxy) is 1. The largest absolute Gasteiger partial charge is 1.00 e. The van der Waals surface area contributed by atoms with Crippen LogP contribution in [0, 0.1) is 34.7 Å². The van der Waals surface area contributed by atoms with Gasteiger partial charge in [0, 0.05) is 41.1 Å². The van der Waals surface area contributed by atoms with Crippen molar-refractivity contribution in [2.24, 2.45) is 11.7 Å². The van der Waals surface area contributed by atoms with Crippen LogP contribution in [0.1, 0.15) is 103 Å². The van der Waals surface area contributed by atoms with Gasteiger partial charge in [0.2, 0.25) is 5.91 Å². The van der Waals surface area contributed by atoms with Gasteiger partial charge in [0.05, 0.1) is 18.6 Å². The Kier molecular flexibility index (Phi) is 35.7. The molecule has 0 saturated carbocycles. The Labute approximate surface area is 507 Å². The predicted molar refractivity (Wildman–Crippen MR) is 266 cm³/mol. The molecule has 0 fully saturated rings. The van der Waals surface area contributed by atoms with Crippen LogP contribution in [0.4, 0.5) is 18.0 Å². The van der Waals surface area contributed by atoms with Crippen LogP contribution < -0.4 is 114 Å². The molecular formula is C56H62ClF3K2N2O7. The number of nitrogens with two attached hydrogens (primary N) is 1. The topological polar surface area (TPSA) is 184 Å². The number of nitrogens with zero attached hydrogens (tertiary/aromatic N) is 1. The van der Waals surface area contributed by atoms with Crippen LogP contribution in [-0.4, -0.2) is 40.1 Å². The molecule has 1 amide bonds. The van der Waals surface area contributed by atoms with Gasteiger partial charge in [-0.2, -0.15) is 5.26 Å². The summed E-state index contributed by atoms with van der Waals surface area (Å²) in [6.07, 6.45) is 0.633. The van der Waals surface area contributed by atoms with E-state index in [4.69, 9.17) is 27.7 Å². The zero-order chi connectivity index (χ0) is 51.0. The monoisotopic (exact) mass is 1040 g/mol. The van der Waals surface area contributed by atoms with Gasteiger partial charge in [-0.05, 0) is 76.3 Å². The van der Waals surface area contributed by atoms with E-state index in [1.54, 1.807) is 52.0 Å². The molecule has 6 aromatic carbocycles. The number of rotatable bonds is 12. The zero-order valence-corrected chi connectivity index (χ0v) is 49.3. The predicted octanol–water partition coefficient (Wildman–Crippen LogP) is 7.66. The minimum Gasteiger partial charge on any atom is -0.870 e. The summed E-state index contributed by atoms with van der Waals surface area (Å²) in [4.78, 5) is 31.6. The quantitative estimate of drug-likeness (QED) is 0.0925. The third-order valence-electron chi connectivity index (χ3n) is 9.68. The number of amides is 1. The van der Waals surface area contributed by atoms with Crippen molar-refractivity contribution < 1.29 is 151 Å². The Morgan fingerprint density at radius 1 is 0.648 bits per heavy atom. The molecule has 0 heterocycles. The first-order valence-electron chi connectivity index (χ1n) is 22.0. The smallest absolute Gasteiger partial charge is 0.870 e. The summed E-state index contributed by atoms with van der Waals surface area (Å²) < 4.78 is 46.6. The summed E-state index contributed by atoms with van der Waals surface area (Å²) >= 11 is 4.86. The number of nitriles is 1. The van der Waals surface area contributed by atoms with E-state index >= 15 is 0 Å². The molecule has 0 spiro atoms. The number of hydrogen-bond donors (Lipinski definition) is 2. The molecule has 9 nitrogen and oxygen atoms in total. The number of benzene rings is 6. The Balaban J connectivity index is 0. The maximum Gasteiger partial charge on any atom is 1.00 e. The average Bonchev–Trinajstić information content (AvgIpc) is 3.28. The first-order valence-corrected chi connectivity index (χ1v) is 22.3. The fraction of sp³-hybridized carbons (Fsp3) is 0.286. The molecule has 6 aromatic rings. The molecule has 3 unspecified atom stereocenters. The molecule has 0 bridgehead atoms. The summed E-state index contributed by atoms with van der Waals surface area (Å²) in [6, 6.07) is 45.0. The second kappa shape index (κ2) is 36.4. The van der Waals surface area contributed by atoms with Gasteiger partial charge in [-0.1, -0.05) is 176 Å². The maximum atomic E-state index is 14.1. The van der Waals surface area contributed by atoms with Crippen molar-refractivity contribution in [1.82, 2.24) is 0 Å². The number of carbonyl (C=O) groups is 3. The summed E-state index contributed by atoms with van der Waals surface area (Å²) in [7, 11) is 0. The minimum atomic E-state index is -0.957. The molecule has 0 aliphatic rings. The Bertz CT molecular complexity index is 2540. The summed E-state index contributed by atoms with van der Waals surface area (Å²) in [6.45, 7) is 14.5. The molecule has 0 radical (unpaired) electrons. The molecule has 368 valence electrons. The molecule has 15 heteroatoms. The molecule has 6 rings (SSSR count). The molecule has 4 N–H and O–H groups in total. The van der Waals surface area contributed by atoms with Gasteiger partial charge < -0.3 is 26.2 Å². The van der Waals surface area contributed by atoms with Crippen molar-refractivity contribution in [3.8, 4) is 39.4 Å². The van der Waals surface area contributed by atoms with Crippen molar-refractivity contribution in [3.05, 3.63) is 180 Å². The van der Waals surface area contributed by atoms with E-state index in [1.165, 1.54) is 18.2 Å². The fourth-order valence-corrected chi connectivity index (χ4v) is 6.14. The summed E-state index contributed by atoms with van der Waals surface area (Å²) in [5.74, 6) is -2.59. The van der Waals surface area contributed by atoms with Crippen LogP contribution in [0.5, 0.6) is 0 Å². The zero-order valence-electron chi connectivity index (χ0n) is 42.3. The van der Waals surface area contributed by atoms with E-state index in [9.17, 15) is 32.7 Å². The maximum absolute atomic E-state index is 14.1. The van der Waals surface area contributed by atoms with Crippen molar-refractivity contribution in [2.75, 3.05) is 6.61 Å². The second-order valence-corrected chi connectivity index (χ2v) is 17.6. The van der Waals surface area contributed by atoms with E-state index in [0.717, 1.165) is 27.8 Å². The van der Waals surface area contributed by atoms with Gasteiger partial charge in [-0.15, -0.1) is 5.60 Å². The van der Waals surface area contributed by atoms with E-state index in [2.05, 4.69) is 10.8 Å². The number of hydrogen-bond acceptors (Lipinski definition) is 7. The van der Waals surface area contributed by atoms with Crippen LogP contribution >= 0.6 is 11.6 Å². The number of carboxylic acid groups (broad SMARTS) is 1. The number of primary amides is 1. The van der Waals surface area contributed by atoms with Crippen LogP contribution in [0.15, 0.2) is 146 Å². The summed E-state index contributed by atoms with van der Waals surface area (Å²) in [5, 5.41) is 27.7. The van der Waals surface area contributed by atoms with Gasteiger partial charge in [-0.3, -0.25) is 9.59 Å². The fourth-order valence-electron chi connectivity index (χ4n) is 6.08. The first-order chi connectivity index (χ1) is 32.0. The number of carboxylic acids is 1. The molecule has 0 saturated heterocycles. The standard InChI is InChI=1S/C16H16FNO.C16H14FN.C15H13FO2.C5H9ClO2.C4H9O.2K.H2O/c1-11(9-16(18)19)13-7-8-14(15(17)10-13)12-5-3-2-4-6-12;1-12(9-10-18)14-7-8-15(16(17)11-14)13-5-3-2-4-6-13;1-10(15(17)18)12-7-8-13(14(16)9-12)11-5-3-2-4-6-11;1-4(2)3-8-5(6)7;1-4(2,3)5;;;/h2-8,10-11H,9H2,1H3,(H2,18,19);2-8,11-12H,9H2,1H3;2-10H,1H3,(H,17,18);4H,3H2,1-2H3;1-3H3;;;1H2/q;;;;-1;2*+1;/p-1. The number of carbonyl (C=O) groups excluding carboxylic acids is 2. The third kappa shape index (κ3) is 27.9. The third-order valence-corrected chi connectivity index (χ3v) is 9.79. The first kappa shape index (κ1) is 69.6. The molecule has 3 atom stereocenters. The van der Waals surface area contributed by atoms with Crippen LogP contribution in [0.2, 0.25) is 0 Å². The molecule has 0 aliphatic carbocycles. The van der Waals surface area contributed by atoms with Gasteiger partial charge >= 0.3 is 114 Å². The van der Waals surface area contributed by atoms with Crippen molar-refractivity contribution in [3.63, 3.8) is 0 Å². The Morgan fingerprint density at radius 3 is 1.24 bits per heavy atom. The van der Waals surface area contributed by atoms with Gasteiger partial charge in [0.15, 0.2) is 0 Å². The normalized spacial score (nSPS) is 11.2. The Morgan fingerprint density at radius 2 is 0.972 bits per heavy atom. The van der Waals surface area contributed by atoms with Crippen LogP contribution in [0.25, 0.3) is 33.4 Å². The van der Waals surface area contributed by atoms with Gasteiger partial charge in [0.25, 0.3) is 0 Å². The van der Waals surface area contributed by atoms with Gasteiger partial charge in [0.1, 0.15) is 17.5 Å². The van der Waals surface area contributed by atoms with E-state index in [-0.39, 0.29) is 144 Å². The molecule has 71 heavy (non-hydrogen) atoms. The molecule has 0 aliphatic heterocycles. The second-order valence-electron chi connectivity index (χ2n) is 17.3. The molecular weight excluding hydrogens is 983 g/mol.